The van der Waals surface area contributed by atoms with Crippen molar-refractivity contribution >= 4 is 55.0 Å². The van der Waals surface area contributed by atoms with E-state index in [1.807, 2.05) is 12.1 Å². The molecule has 3 fully saturated rings. The first-order chi connectivity index (χ1) is 18.5. The van der Waals surface area contributed by atoms with E-state index in [1.54, 1.807) is 12.1 Å². The minimum Gasteiger partial charge on any atom is -0.467 e. The normalized spacial score (nSPS) is 18.1. The summed E-state index contributed by atoms with van der Waals surface area (Å²) < 4.78 is 22.0. The molecule has 0 amide bonds. The van der Waals surface area contributed by atoms with E-state index in [-0.39, 0.29) is 22.1 Å². The Balaban J connectivity index is 0.000000279. The van der Waals surface area contributed by atoms with Crippen LogP contribution in [0.2, 0.25) is 5.02 Å². The van der Waals surface area contributed by atoms with Crippen LogP contribution in [0.4, 0.5) is 15.3 Å². The summed E-state index contributed by atoms with van der Waals surface area (Å²) in [6, 6.07) is 8.36. The van der Waals surface area contributed by atoms with Crippen LogP contribution in [-0.2, 0) is 0 Å². The average Bonchev–Trinajstić information content (AvgIpc) is 3.66. The summed E-state index contributed by atoms with van der Waals surface area (Å²) in [6.07, 6.45) is 5.90. The predicted molar refractivity (Wildman–Crippen MR) is 153 cm³/mol. The van der Waals surface area contributed by atoms with Crippen LogP contribution >= 0.6 is 22.9 Å². The second-order valence-electron chi connectivity index (χ2n) is 9.89. The Bertz CT molecular complexity index is 1460. The number of nitrogens with zero attached hydrogens (tertiary/aromatic N) is 5. The van der Waals surface area contributed by atoms with Gasteiger partial charge in [-0.15, -0.1) is 0 Å². The van der Waals surface area contributed by atoms with E-state index in [0.717, 1.165) is 36.9 Å². The molecule has 2 aromatic carbocycles. The lowest BCUT2D eigenvalue weighted by Crippen LogP contribution is -2.44. The number of nitrogens with one attached hydrogen (secondary N) is 1. The number of methoxy groups -OCH3 is 1. The summed E-state index contributed by atoms with van der Waals surface area (Å²) in [5, 5.41) is 4.54. The van der Waals surface area contributed by atoms with Gasteiger partial charge in [0.2, 0.25) is 0 Å². The summed E-state index contributed by atoms with van der Waals surface area (Å²) in [4.78, 5) is 17.9. The maximum atomic E-state index is 15.9. The van der Waals surface area contributed by atoms with Gasteiger partial charge in [-0.3, -0.25) is 0 Å². The number of piperazine rings is 1. The van der Waals surface area contributed by atoms with Crippen molar-refractivity contribution in [2.24, 2.45) is 0 Å². The number of anilines is 2. The molecule has 0 bridgehead atoms. The maximum absolute atomic E-state index is 15.9. The topological polar surface area (TPSA) is 92.4 Å². The molecule has 0 spiro atoms. The quantitative estimate of drug-likeness (QED) is 0.367. The van der Waals surface area contributed by atoms with Crippen molar-refractivity contribution < 1.29 is 9.13 Å². The van der Waals surface area contributed by atoms with Gasteiger partial charge in [-0.1, -0.05) is 35.1 Å². The van der Waals surface area contributed by atoms with E-state index in [0.29, 0.717) is 27.4 Å². The monoisotopic (exact) mass is 555 g/mol. The number of aromatic nitrogens is 3. The highest BCUT2D eigenvalue weighted by Gasteiger charge is 2.28. The second kappa shape index (κ2) is 10.8. The highest BCUT2D eigenvalue weighted by molar-refractivity contribution is 7.22. The molecular weight excluding hydrogens is 525 g/mol. The van der Waals surface area contributed by atoms with Gasteiger partial charge in [0, 0.05) is 48.7 Å². The van der Waals surface area contributed by atoms with E-state index in [1.165, 1.54) is 57.2 Å². The van der Waals surface area contributed by atoms with Crippen molar-refractivity contribution in [2.75, 3.05) is 57.0 Å². The lowest BCUT2D eigenvalue weighted by molar-refractivity contribution is 0.325. The fraction of sp³-hybridized carbons (Fsp3) is 0.444. The van der Waals surface area contributed by atoms with Crippen LogP contribution < -0.4 is 20.7 Å². The number of ether oxygens (including phenoxy) is 1. The van der Waals surface area contributed by atoms with Crippen LogP contribution in [0.25, 0.3) is 32.2 Å². The standard InChI is InChI=1S/C20H18ClFN6OS.C7H13N/c1-29-20-26-17-11(18(27-20)28-7-5-24-6-8-28)9-12(21)14(15(17)22)10-3-2-4-13-16(10)25-19(23)30-13;1-3-7-4-2-6-8(7)5-1/h2-4,9,24H,5-8H2,1H3,(H2,23,25);7H,1-6H2. The molecule has 3 aliphatic heterocycles. The summed E-state index contributed by atoms with van der Waals surface area (Å²) in [6.45, 7) is 5.90. The highest BCUT2D eigenvalue weighted by atomic mass is 35.5. The van der Waals surface area contributed by atoms with Crippen LogP contribution in [0.1, 0.15) is 25.7 Å². The lowest BCUT2D eigenvalue weighted by atomic mass is 10.0. The van der Waals surface area contributed by atoms with Gasteiger partial charge in [-0.25, -0.2) is 9.37 Å². The first-order valence-electron chi connectivity index (χ1n) is 13.1. The third kappa shape index (κ3) is 4.75. The van der Waals surface area contributed by atoms with Crippen LogP contribution in [-0.4, -0.2) is 72.3 Å². The average molecular weight is 556 g/mol. The van der Waals surface area contributed by atoms with Crippen LogP contribution in [0.15, 0.2) is 24.3 Å². The SMILES string of the molecule is C1CC2CCCN2C1.COc1nc(N2CCNCC2)c2cc(Cl)c(-c3cccc4sc(N)nc34)c(F)c2n1. The molecule has 3 N–H and O–H groups in total. The molecule has 38 heavy (non-hydrogen) atoms. The zero-order valence-corrected chi connectivity index (χ0v) is 22.9. The number of fused-ring (bicyclic) bond motifs is 3. The van der Waals surface area contributed by atoms with Crippen LogP contribution in [0.5, 0.6) is 6.01 Å². The van der Waals surface area contributed by atoms with Gasteiger partial charge in [0.25, 0.3) is 0 Å². The van der Waals surface area contributed by atoms with Gasteiger partial charge in [0.05, 0.1) is 22.3 Å². The molecule has 0 aliphatic carbocycles. The van der Waals surface area contributed by atoms with Crippen molar-refractivity contribution in [2.45, 2.75) is 31.7 Å². The van der Waals surface area contributed by atoms with E-state index in [2.05, 4.69) is 30.1 Å². The number of halogens is 2. The van der Waals surface area contributed by atoms with Gasteiger partial charge < -0.3 is 25.6 Å². The van der Waals surface area contributed by atoms with Gasteiger partial charge in [-0.2, -0.15) is 9.97 Å². The van der Waals surface area contributed by atoms with Crippen molar-refractivity contribution in [1.29, 1.82) is 0 Å². The Morgan fingerprint density at radius 3 is 2.55 bits per heavy atom. The summed E-state index contributed by atoms with van der Waals surface area (Å²) in [5.74, 6) is 0.0791. The highest BCUT2D eigenvalue weighted by Crippen LogP contribution is 2.42. The smallest absolute Gasteiger partial charge is 0.318 e. The summed E-state index contributed by atoms with van der Waals surface area (Å²) >= 11 is 7.97. The summed E-state index contributed by atoms with van der Waals surface area (Å²) in [5.41, 5.74) is 7.47. The molecule has 3 aliphatic rings. The Morgan fingerprint density at radius 1 is 1.08 bits per heavy atom. The molecule has 0 atom stereocenters. The van der Waals surface area contributed by atoms with E-state index >= 15 is 4.39 Å². The number of hydrogen-bond donors (Lipinski definition) is 2. The number of para-hydroxylation sites is 1. The van der Waals surface area contributed by atoms with Crippen LogP contribution in [0.3, 0.4) is 0 Å². The first kappa shape index (κ1) is 25.5. The number of rotatable bonds is 3. The first-order valence-corrected chi connectivity index (χ1v) is 14.3. The molecule has 4 aromatic rings. The Labute approximate surface area is 230 Å². The van der Waals surface area contributed by atoms with Gasteiger partial charge in [0.1, 0.15) is 11.3 Å². The number of nitrogen functional groups attached to an aromatic ring is 1. The number of nitrogens with two attached hydrogens (primary N) is 1. The molecule has 0 unspecified atom stereocenters. The zero-order chi connectivity index (χ0) is 26.2. The van der Waals surface area contributed by atoms with Crippen molar-refractivity contribution in [3.63, 3.8) is 0 Å². The minimum absolute atomic E-state index is 0.110. The molecule has 0 saturated carbocycles. The molecule has 0 radical (unpaired) electrons. The van der Waals surface area contributed by atoms with Crippen molar-refractivity contribution in [3.05, 3.63) is 35.1 Å². The zero-order valence-electron chi connectivity index (χ0n) is 21.3. The molecule has 3 saturated heterocycles. The number of hydrogen-bond acceptors (Lipinski definition) is 9. The predicted octanol–water partition coefficient (Wildman–Crippen LogP) is 4.94. The van der Waals surface area contributed by atoms with Crippen molar-refractivity contribution in [3.8, 4) is 17.1 Å². The molecule has 7 rings (SSSR count). The maximum Gasteiger partial charge on any atom is 0.318 e. The Kier molecular flexibility index (Phi) is 7.22. The second-order valence-corrected chi connectivity index (χ2v) is 11.4. The third-order valence-corrected chi connectivity index (χ3v) is 8.78. The Morgan fingerprint density at radius 2 is 1.84 bits per heavy atom. The van der Waals surface area contributed by atoms with E-state index in [4.69, 9.17) is 22.1 Å². The number of thiazole rings is 1. The third-order valence-electron chi connectivity index (χ3n) is 7.63. The summed E-state index contributed by atoms with van der Waals surface area (Å²) in [7, 11) is 1.47. The molecule has 200 valence electrons. The molecular formula is C27H31ClFN7OS. The van der Waals surface area contributed by atoms with Crippen molar-refractivity contribution in [1.82, 2.24) is 25.2 Å². The Hall–Kier alpha value is -2.79. The fourth-order valence-corrected chi connectivity index (χ4v) is 6.88. The van der Waals surface area contributed by atoms with Gasteiger partial charge in [-0.05, 0) is 50.9 Å². The van der Waals surface area contributed by atoms with E-state index < -0.39 is 5.82 Å². The van der Waals surface area contributed by atoms with Crippen LogP contribution in [0, 0.1) is 5.82 Å². The largest absolute Gasteiger partial charge is 0.467 e. The number of benzene rings is 2. The molecule has 11 heteroatoms. The molecule has 5 heterocycles. The molecule has 2 aromatic heterocycles. The molecule has 8 nitrogen and oxygen atoms in total. The van der Waals surface area contributed by atoms with Gasteiger partial charge >= 0.3 is 6.01 Å². The minimum atomic E-state index is -0.534. The fourth-order valence-electron chi connectivity index (χ4n) is 5.83. The van der Waals surface area contributed by atoms with Gasteiger partial charge in [0.15, 0.2) is 10.9 Å². The van der Waals surface area contributed by atoms with E-state index in [9.17, 15) is 0 Å². The lowest BCUT2D eigenvalue weighted by Gasteiger charge is -2.29.